The van der Waals surface area contributed by atoms with E-state index in [0.29, 0.717) is 24.3 Å². The minimum absolute atomic E-state index is 0.0604. The lowest BCUT2D eigenvalue weighted by Crippen LogP contribution is -2.34. The molecule has 7 nitrogen and oxygen atoms in total. The first kappa shape index (κ1) is 17.9. The van der Waals surface area contributed by atoms with Gasteiger partial charge in [-0.1, -0.05) is 13.8 Å². The normalized spacial score (nSPS) is 21.2. The van der Waals surface area contributed by atoms with Crippen molar-refractivity contribution in [3.05, 3.63) is 23.8 Å². The summed E-state index contributed by atoms with van der Waals surface area (Å²) < 4.78 is 27.0. The summed E-state index contributed by atoms with van der Waals surface area (Å²) in [5, 5.41) is 9.07. The number of fused-ring (bicyclic) bond motifs is 1. The van der Waals surface area contributed by atoms with Gasteiger partial charge in [-0.25, -0.2) is 8.42 Å². The molecule has 8 heteroatoms. The van der Waals surface area contributed by atoms with Crippen LogP contribution in [0.2, 0.25) is 0 Å². The van der Waals surface area contributed by atoms with Crippen molar-refractivity contribution in [1.82, 2.24) is 4.31 Å². The van der Waals surface area contributed by atoms with E-state index in [-0.39, 0.29) is 16.7 Å². The van der Waals surface area contributed by atoms with E-state index in [0.717, 1.165) is 12.8 Å². The average molecular weight is 366 g/mol. The van der Waals surface area contributed by atoms with Crippen molar-refractivity contribution < 1.29 is 23.1 Å². The Hall–Kier alpha value is -1.93. The van der Waals surface area contributed by atoms with Gasteiger partial charge < -0.3 is 10.0 Å². The molecule has 1 atom stereocenters. The molecule has 3 rings (SSSR count). The number of carboxylic acids is 1. The van der Waals surface area contributed by atoms with E-state index in [2.05, 4.69) is 0 Å². The Morgan fingerprint density at radius 3 is 2.48 bits per heavy atom. The molecular formula is C17H22N2O5S. The lowest BCUT2D eigenvalue weighted by atomic mass is 9.90. The molecule has 0 aromatic heterocycles. The van der Waals surface area contributed by atoms with Gasteiger partial charge in [0.15, 0.2) is 0 Å². The number of sulfonamides is 1. The van der Waals surface area contributed by atoms with E-state index in [1.807, 2.05) is 13.8 Å². The van der Waals surface area contributed by atoms with Gasteiger partial charge >= 0.3 is 5.97 Å². The summed E-state index contributed by atoms with van der Waals surface area (Å²) in [5.41, 5.74) is 1.09. The fourth-order valence-electron chi connectivity index (χ4n) is 3.63. The van der Waals surface area contributed by atoms with E-state index < -0.39 is 28.5 Å². The Morgan fingerprint density at radius 2 is 1.92 bits per heavy atom. The third kappa shape index (κ3) is 3.04. The molecule has 25 heavy (non-hydrogen) atoms. The van der Waals surface area contributed by atoms with Crippen molar-refractivity contribution in [3.63, 3.8) is 0 Å². The molecular weight excluding hydrogens is 344 g/mol. The molecule has 2 aliphatic rings. The maximum absolute atomic E-state index is 12.8. The van der Waals surface area contributed by atoms with E-state index >= 15 is 0 Å². The van der Waals surface area contributed by atoms with Gasteiger partial charge in [0.1, 0.15) is 6.54 Å². The lowest BCUT2D eigenvalue weighted by Gasteiger charge is -2.17. The number of nitrogens with zero attached hydrogens (tertiary/aromatic N) is 2. The highest BCUT2D eigenvalue weighted by molar-refractivity contribution is 7.89. The highest BCUT2D eigenvalue weighted by Crippen LogP contribution is 2.42. The van der Waals surface area contributed by atoms with Gasteiger partial charge in [0.05, 0.1) is 10.8 Å². The van der Waals surface area contributed by atoms with Crippen LogP contribution in [0.1, 0.15) is 38.2 Å². The molecule has 1 fully saturated rings. The number of carboxylic acid groups (broad SMARTS) is 1. The first-order chi connectivity index (χ1) is 11.7. The van der Waals surface area contributed by atoms with Gasteiger partial charge in [-0.05, 0) is 42.5 Å². The molecule has 2 aliphatic heterocycles. The molecule has 0 radical (unpaired) electrons. The van der Waals surface area contributed by atoms with E-state index in [1.54, 1.807) is 12.1 Å². The Balaban J connectivity index is 2.06. The smallest absolute Gasteiger partial charge is 0.323 e. The van der Waals surface area contributed by atoms with Gasteiger partial charge in [-0.3, -0.25) is 9.59 Å². The van der Waals surface area contributed by atoms with Crippen molar-refractivity contribution in [3.8, 4) is 0 Å². The Bertz CT molecular complexity index is 812. The summed E-state index contributed by atoms with van der Waals surface area (Å²) in [4.78, 5) is 25.2. The lowest BCUT2D eigenvalue weighted by molar-refractivity contribution is -0.136. The minimum atomic E-state index is -3.58. The van der Waals surface area contributed by atoms with Crippen LogP contribution in [0.3, 0.4) is 0 Å². The van der Waals surface area contributed by atoms with Gasteiger partial charge in [0.2, 0.25) is 15.9 Å². The number of amides is 1. The van der Waals surface area contributed by atoms with E-state index in [4.69, 9.17) is 5.11 Å². The zero-order valence-corrected chi connectivity index (χ0v) is 15.1. The van der Waals surface area contributed by atoms with Gasteiger partial charge in [0.25, 0.3) is 0 Å². The number of benzene rings is 1. The predicted octanol–water partition coefficient (Wildman–Crippen LogP) is 1.64. The van der Waals surface area contributed by atoms with Crippen LogP contribution in [-0.4, -0.2) is 49.3 Å². The molecule has 0 spiro atoms. The molecule has 1 N–H and O–H groups in total. The Kier molecular flexibility index (Phi) is 4.59. The Labute approximate surface area is 147 Å². The van der Waals surface area contributed by atoms with Crippen molar-refractivity contribution >= 4 is 27.6 Å². The first-order valence-corrected chi connectivity index (χ1v) is 9.84. The van der Waals surface area contributed by atoms with Crippen LogP contribution >= 0.6 is 0 Å². The molecule has 1 unspecified atom stereocenters. The summed E-state index contributed by atoms with van der Waals surface area (Å²) in [7, 11) is -3.58. The zero-order valence-electron chi connectivity index (χ0n) is 14.3. The molecule has 0 aliphatic carbocycles. The van der Waals surface area contributed by atoms with Crippen molar-refractivity contribution in [2.45, 2.75) is 37.5 Å². The van der Waals surface area contributed by atoms with Crippen molar-refractivity contribution in [1.29, 1.82) is 0 Å². The summed E-state index contributed by atoms with van der Waals surface area (Å²) >= 11 is 0. The Morgan fingerprint density at radius 1 is 1.28 bits per heavy atom. The van der Waals surface area contributed by atoms with Crippen LogP contribution in [0.5, 0.6) is 0 Å². The van der Waals surface area contributed by atoms with Crippen molar-refractivity contribution in [2.24, 2.45) is 5.92 Å². The van der Waals surface area contributed by atoms with Crippen LogP contribution in [-0.2, 0) is 19.6 Å². The summed E-state index contributed by atoms with van der Waals surface area (Å²) in [6.07, 6.45) is 1.70. The number of aliphatic carboxylic acids is 1. The van der Waals surface area contributed by atoms with Crippen LogP contribution in [0.25, 0.3) is 0 Å². The highest BCUT2D eigenvalue weighted by atomic mass is 32.2. The molecule has 1 aromatic carbocycles. The third-order valence-electron chi connectivity index (χ3n) is 4.82. The largest absolute Gasteiger partial charge is 0.480 e. The maximum atomic E-state index is 12.8. The summed E-state index contributed by atoms with van der Waals surface area (Å²) in [6.45, 7) is 4.35. The van der Waals surface area contributed by atoms with Crippen LogP contribution in [0, 0.1) is 5.92 Å². The third-order valence-corrected chi connectivity index (χ3v) is 6.71. The molecule has 0 saturated carbocycles. The molecule has 2 heterocycles. The van der Waals surface area contributed by atoms with Gasteiger partial charge in [-0.15, -0.1) is 0 Å². The monoisotopic (exact) mass is 366 g/mol. The molecule has 0 bridgehead atoms. The number of carbonyl (C=O) groups excluding carboxylic acids is 1. The van der Waals surface area contributed by atoms with E-state index in [1.165, 1.54) is 15.3 Å². The number of hydrogen-bond acceptors (Lipinski definition) is 4. The molecule has 1 saturated heterocycles. The van der Waals surface area contributed by atoms with Crippen molar-refractivity contribution in [2.75, 3.05) is 24.5 Å². The quantitative estimate of drug-likeness (QED) is 0.855. The standard InChI is InChI=1S/C17H22N2O5S/c1-11(2)16-13-9-12(25(23,24)18-7-3-4-8-18)5-6-14(13)19(17(16)22)10-15(20)21/h5-6,9,11,16H,3-4,7-8,10H2,1-2H3,(H,20,21). The zero-order chi connectivity index (χ0) is 18.4. The second-order valence-electron chi connectivity index (χ2n) is 6.87. The number of carbonyl (C=O) groups is 2. The SMILES string of the molecule is CC(C)C1C(=O)N(CC(=O)O)c2ccc(S(=O)(=O)N3CCCC3)cc21. The second-order valence-corrected chi connectivity index (χ2v) is 8.81. The minimum Gasteiger partial charge on any atom is -0.480 e. The van der Waals surface area contributed by atoms with Crippen LogP contribution < -0.4 is 4.90 Å². The van der Waals surface area contributed by atoms with Crippen LogP contribution in [0.15, 0.2) is 23.1 Å². The molecule has 136 valence electrons. The topological polar surface area (TPSA) is 95.0 Å². The number of anilines is 1. The second kappa shape index (κ2) is 6.42. The van der Waals surface area contributed by atoms with Gasteiger partial charge in [0, 0.05) is 18.8 Å². The fourth-order valence-corrected chi connectivity index (χ4v) is 5.18. The predicted molar refractivity (Wildman–Crippen MR) is 92.0 cm³/mol. The molecule has 1 amide bonds. The van der Waals surface area contributed by atoms with Crippen LogP contribution in [0.4, 0.5) is 5.69 Å². The fraction of sp³-hybridized carbons (Fsp3) is 0.529. The van der Waals surface area contributed by atoms with Gasteiger partial charge in [-0.2, -0.15) is 4.31 Å². The first-order valence-electron chi connectivity index (χ1n) is 8.40. The number of hydrogen-bond donors (Lipinski definition) is 1. The molecule has 1 aromatic rings. The average Bonchev–Trinajstić information content (AvgIpc) is 3.14. The maximum Gasteiger partial charge on any atom is 0.323 e. The highest BCUT2D eigenvalue weighted by Gasteiger charge is 2.41. The summed E-state index contributed by atoms with van der Waals surface area (Å²) in [6, 6.07) is 4.58. The number of rotatable bonds is 5. The van der Waals surface area contributed by atoms with E-state index in [9.17, 15) is 18.0 Å². The summed E-state index contributed by atoms with van der Waals surface area (Å²) in [5.74, 6) is -1.97.